The molecule has 0 spiro atoms. The molecule has 1 saturated heterocycles. The van der Waals surface area contributed by atoms with E-state index in [0.29, 0.717) is 19.6 Å². The number of aliphatic hydroxyl groups is 1. The van der Waals surface area contributed by atoms with E-state index in [1.54, 1.807) is 4.31 Å². The molecule has 2 fully saturated rings. The van der Waals surface area contributed by atoms with Crippen LogP contribution in [-0.4, -0.2) is 53.9 Å². The Labute approximate surface area is 116 Å². The molecule has 1 heterocycles. The first-order valence-corrected chi connectivity index (χ1v) is 8.87. The third kappa shape index (κ3) is 2.82. The molecule has 1 N–H and O–H groups in total. The van der Waals surface area contributed by atoms with Gasteiger partial charge in [-0.3, -0.25) is 0 Å². The summed E-state index contributed by atoms with van der Waals surface area (Å²) in [5.74, 6) is 0.132. The molecule has 5 nitrogen and oxygen atoms in total. The molecular weight excluding hydrogens is 264 g/mol. The van der Waals surface area contributed by atoms with Crippen LogP contribution in [0.4, 0.5) is 0 Å². The van der Waals surface area contributed by atoms with Gasteiger partial charge in [0.1, 0.15) is 0 Å². The molecule has 112 valence electrons. The fourth-order valence-corrected chi connectivity index (χ4v) is 5.51. The van der Waals surface area contributed by atoms with Crippen LogP contribution in [0.1, 0.15) is 46.0 Å². The van der Waals surface area contributed by atoms with Crippen LogP contribution in [0.3, 0.4) is 0 Å². The van der Waals surface area contributed by atoms with Crippen molar-refractivity contribution in [2.75, 3.05) is 19.6 Å². The number of nitrogens with zero attached hydrogens (tertiary/aromatic N) is 2. The summed E-state index contributed by atoms with van der Waals surface area (Å²) in [6, 6.07) is 0.00287. The Bertz CT molecular complexity index is 395. The maximum Gasteiger partial charge on any atom is 0.282 e. The lowest BCUT2D eigenvalue weighted by Crippen LogP contribution is -2.49. The van der Waals surface area contributed by atoms with Crippen LogP contribution in [-0.2, 0) is 10.2 Å². The van der Waals surface area contributed by atoms with Crippen LogP contribution in [0, 0.1) is 5.92 Å². The fourth-order valence-electron chi connectivity index (χ4n) is 3.60. The van der Waals surface area contributed by atoms with Crippen molar-refractivity contribution in [2.45, 2.75) is 58.1 Å². The predicted molar refractivity (Wildman–Crippen MR) is 74.9 cm³/mol. The Morgan fingerprint density at radius 1 is 1.16 bits per heavy atom. The first-order valence-electron chi connectivity index (χ1n) is 7.47. The minimum atomic E-state index is -3.36. The van der Waals surface area contributed by atoms with Gasteiger partial charge < -0.3 is 5.11 Å². The van der Waals surface area contributed by atoms with Crippen LogP contribution >= 0.6 is 0 Å². The molecule has 1 aliphatic carbocycles. The summed E-state index contributed by atoms with van der Waals surface area (Å²) in [6.07, 6.45) is 4.27. The Morgan fingerprint density at radius 2 is 1.84 bits per heavy atom. The van der Waals surface area contributed by atoms with Crippen molar-refractivity contribution < 1.29 is 13.5 Å². The molecule has 3 unspecified atom stereocenters. The summed E-state index contributed by atoms with van der Waals surface area (Å²) >= 11 is 0. The minimum absolute atomic E-state index is 0.00287. The Morgan fingerprint density at radius 3 is 2.37 bits per heavy atom. The summed E-state index contributed by atoms with van der Waals surface area (Å²) in [5.41, 5.74) is 0. The molecule has 0 radical (unpaired) electrons. The van der Waals surface area contributed by atoms with E-state index in [1.165, 1.54) is 4.31 Å². The average Bonchev–Trinajstić information content (AvgIpc) is 2.98. The maximum absolute atomic E-state index is 12.6. The predicted octanol–water partition coefficient (Wildman–Crippen LogP) is 1.20. The van der Waals surface area contributed by atoms with Gasteiger partial charge >= 0.3 is 0 Å². The van der Waals surface area contributed by atoms with E-state index in [1.807, 2.05) is 13.8 Å². The Balaban J connectivity index is 2.18. The summed E-state index contributed by atoms with van der Waals surface area (Å²) in [4.78, 5) is 0. The highest BCUT2D eigenvalue weighted by molar-refractivity contribution is 7.86. The van der Waals surface area contributed by atoms with Gasteiger partial charge in [0.05, 0.1) is 6.10 Å². The molecule has 3 atom stereocenters. The average molecular weight is 290 g/mol. The SMILES string of the molecule is CCN(CC)S(=O)(=O)N1CCCC1C1CCCC1O. The van der Waals surface area contributed by atoms with Crippen molar-refractivity contribution in [1.29, 1.82) is 0 Å². The van der Waals surface area contributed by atoms with Gasteiger partial charge in [-0.15, -0.1) is 0 Å². The van der Waals surface area contributed by atoms with Crippen LogP contribution < -0.4 is 0 Å². The molecular formula is C13H26N2O3S. The molecule has 0 aromatic heterocycles. The lowest BCUT2D eigenvalue weighted by Gasteiger charge is -2.33. The zero-order valence-electron chi connectivity index (χ0n) is 12.0. The van der Waals surface area contributed by atoms with Crippen molar-refractivity contribution in [1.82, 2.24) is 8.61 Å². The number of aliphatic hydroxyl groups excluding tert-OH is 1. The van der Waals surface area contributed by atoms with Crippen molar-refractivity contribution in [3.05, 3.63) is 0 Å². The monoisotopic (exact) mass is 290 g/mol. The van der Waals surface area contributed by atoms with Gasteiger partial charge in [0.2, 0.25) is 0 Å². The first kappa shape index (κ1) is 15.2. The molecule has 0 bridgehead atoms. The van der Waals surface area contributed by atoms with Gasteiger partial charge in [0, 0.05) is 31.6 Å². The Kier molecular flexibility index (Phi) is 4.87. The second-order valence-electron chi connectivity index (χ2n) is 5.57. The lowest BCUT2D eigenvalue weighted by atomic mass is 9.95. The molecule has 19 heavy (non-hydrogen) atoms. The van der Waals surface area contributed by atoms with E-state index in [0.717, 1.165) is 32.1 Å². The summed E-state index contributed by atoms with van der Waals surface area (Å²) in [6.45, 7) is 5.37. The van der Waals surface area contributed by atoms with Crippen LogP contribution in [0.5, 0.6) is 0 Å². The normalized spacial score (nSPS) is 33.4. The molecule has 2 aliphatic rings. The molecule has 1 saturated carbocycles. The highest BCUT2D eigenvalue weighted by Crippen LogP contribution is 2.37. The highest BCUT2D eigenvalue weighted by atomic mass is 32.2. The third-order valence-electron chi connectivity index (χ3n) is 4.60. The zero-order chi connectivity index (χ0) is 14.0. The molecule has 0 amide bonds. The van der Waals surface area contributed by atoms with E-state index in [-0.39, 0.29) is 18.1 Å². The molecule has 1 aliphatic heterocycles. The van der Waals surface area contributed by atoms with Crippen molar-refractivity contribution in [3.63, 3.8) is 0 Å². The van der Waals surface area contributed by atoms with E-state index in [9.17, 15) is 13.5 Å². The number of hydrogen-bond acceptors (Lipinski definition) is 3. The van der Waals surface area contributed by atoms with E-state index in [4.69, 9.17) is 0 Å². The smallest absolute Gasteiger partial charge is 0.282 e. The molecule has 0 aromatic carbocycles. The van der Waals surface area contributed by atoms with Gasteiger partial charge in [0.25, 0.3) is 10.2 Å². The van der Waals surface area contributed by atoms with Gasteiger partial charge in [-0.05, 0) is 25.7 Å². The quantitative estimate of drug-likeness (QED) is 0.827. The van der Waals surface area contributed by atoms with E-state index >= 15 is 0 Å². The maximum atomic E-state index is 12.6. The van der Waals surface area contributed by atoms with Crippen molar-refractivity contribution in [3.8, 4) is 0 Å². The molecule has 0 aromatic rings. The summed E-state index contributed by atoms with van der Waals surface area (Å²) < 4.78 is 28.5. The summed E-state index contributed by atoms with van der Waals surface area (Å²) in [7, 11) is -3.36. The second kappa shape index (κ2) is 6.08. The Hall–Kier alpha value is -0.170. The first-order chi connectivity index (χ1) is 9.02. The highest BCUT2D eigenvalue weighted by Gasteiger charge is 2.44. The third-order valence-corrected chi connectivity index (χ3v) is 6.82. The standard InChI is InChI=1S/C13H26N2O3S/c1-3-14(4-2)19(17,18)15-10-6-8-12(15)11-7-5-9-13(11)16/h11-13,16H,3-10H2,1-2H3. The lowest BCUT2D eigenvalue weighted by molar-refractivity contribution is 0.0959. The second-order valence-corrected chi connectivity index (χ2v) is 7.46. The van der Waals surface area contributed by atoms with E-state index < -0.39 is 10.2 Å². The van der Waals surface area contributed by atoms with Gasteiger partial charge in [-0.25, -0.2) is 0 Å². The number of hydrogen-bond donors (Lipinski definition) is 1. The van der Waals surface area contributed by atoms with Crippen LogP contribution in [0.25, 0.3) is 0 Å². The molecule has 6 heteroatoms. The number of rotatable bonds is 5. The van der Waals surface area contributed by atoms with Gasteiger partial charge in [-0.2, -0.15) is 17.0 Å². The summed E-state index contributed by atoms with van der Waals surface area (Å²) in [5, 5.41) is 10.1. The van der Waals surface area contributed by atoms with Crippen LogP contribution in [0.15, 0.2) is 0 Å². The van der Waals surface area contributed by atoms with Crippen molar-refractivity contribution in [2.24, 2.45) is 5.92 Å². The minimum Gasteiger partial charge on any atom is -0.393 e. The van der Waals surface area contributed by atoms with Crippen LogP contribution in [0.2, 0.25) is 0 Å². The van der Waals surface area contributed by atoms with E-state index in [2.05, 4.69) is 0 Å². The molecule has 2 rings (SSSR count). The fraction of sp³-hybridized carbons (Fsp3) is 1.00. The zero-order valence-corrected chi connectivity index (χ0v) is 12.8. The van der Waals surface area contributed by atoms with Crippen molar-refractivity contribution >= 4 is 10.2 Å². The van der Waals surface area contributed by atoms with Gasteiger partial charge in [-0.1, -0.05) is 20.3 Å². The topological polar surface area (TPSA) is 60.9 Å². The van der Waals surface area contributed by atoms with Gasteiger partial charge in [0.15, 0.2) is 0 Å². The largest absolute Gasteiger partial charge is 0.393 e.